The van der Waals surface area contributed by atoms with E-state index in [4.69, 9.17) is 9.47 Å². The van der Waals surface area contributed by atoms with E-state index in [1.54, 1.807) is 42.3 Å². The molecule has 3 N–H and O–H groups in total. The highest BCUT2D eigenvalue weighted by atomic mass is 16.5. The summed E-state index contributed by atoms with van der Waals surface area (Å²) in [4.78, 5) is 52.0. The van der Waals surface area contributed by atoms with Crippen LogP contribution in [0.4, 0.5) is 17.3 Å². The van der Waals surface area contributed by atoms with Crippen LogP contribution in [-0.2, 0) is 11.2 Å². The van der Waals surface area contributed by atoms with E-state index in [0.29, 0.717) is 54.4 Å². The first kappa shape index (κ1) is 39.3. The predicted octanol–water partition coefficient (Wildman–Crippen LogP) is 6.76. The van der Waals surface area contributed by atoms with Gasteiger partial charge in [0.1, 0.15) is 5.56 Å². The van der Waals surface area contributed by atoms with Crippen molar-refractivity contribution < 1.29 is 23.9 Å². The maximum absolute atomic E-state index is 13.7. The smallest absolute Gasteiger partial charge is 0.262 e. The Bertz CT molecular complexity index is 1810. The van der Waals surface area contributed by atoms with Crippen molar-refractivity contribution in [3.63, 3.8) is 0 Å². The lowest BCUT2D eigenvalue weighted by atomic mass is 10.1. The highest BCUT2D eigenvalue weighted by molar-refractivity contribution is 6.06. The molecule has 3 aromatic carbocycles. The topological polar surface area (TPSA) is 138 Å². The number of methoxy groups -OCH3 is 1. The monoisotopic (exact) mass is 709 g/mol. The maximum Gasteiger partial charge on any atom is 0.262 e. The lowest BCUT2D eigenvalue weighted by Gasteiger charge is -2.23. The number of hydrogen-bond donors (Lipinski definition) is 3. The summed E-state index contributed by atoms with van der Waals surface area (Å²) in [6.07, 6.45) is 3.15. The molecule has 0 aliphatic carbocycles. The van der Waals surface area contributed by atoms with Gasteiger partial charge in [0, 0.05) is 56.2 Å². The summed E-state index contributed by atoms with van der Waals surface area (Å²) < 4.78 is 11.9. The van der Waals surface area contributed by atoms with Crippen LogP contribution in [0.25, 0.3) is 0 Å². The lowest BCUT2D eigenvalue weighted by Crippen LogP contribution is -2.36. The number of nitrogens with one attached hydrogen (secondary N) is 3. The largest absolute Gasteiger partial charge is 0.493 e. The summed E-state index contributed by atoms with van der Waals surface area (Å²) in [7, 11) is 3.33. The number of benzene rings is 3. The summed E-state index contributed by atoms with van der Waals surface area (Å²) in [6, 6.07) is 18.2. The van der Waals surface area contributed by atoms with Crippen LogP contribution in [0.1, 0.15) is 71.0 Å². The van der Waals surface area contributed by atoms with E-state index in [-0.39, 0.29) is 29.2 Å². The zero-order valence-electron chi connectivity index (χ0n) is 31.3. The van der Waals surface area contributed by atoms with Crippen LogP contribution in [-0.4, -0.2) is 84.4 Å². The normalized spacial score (nSPS) is 10.8. The summed E-state index contributed by atoms with van der Waals surface area (Å²) in [5, 5.41) is 9.04. The number of para-hydroxylation sites is 1. The molecule has 0 saturated carbocycles. The standard InChI is InChI=1S/C40H51N7O5/c1-8-22-41-35(48)21-15-29-14-20-33(34(25-29)51-7)52-38-32(37(49)44-36-27(4)12-11-13-28(36)5)26-42-40(45-38)43-31-18-16-30(17-19-31)39(50)46(6)23-24-47(9-2)10-3/h11-14,16-20,25-26H,8-10,15,21-24H2,1-7H3,(H,41,48)(H,44,49)(H,42,43,45). The van der Waals surface area contributed by atoms with Gasteiger partial charge >= 0.3 is 0 Å². The number of rotatable bonds is 18. The van der Waals surface area contributed by atoms with Gasteiger partial charge in [-0.1, -0.05) is 45.0 Å². The maximum atomic E-state index is 13.7. The van der Waals surface area contributed by atoms with Gasteiger partial charge in [-0.2, -0.15) is 4.98 Å². The van der Waals surface area contributed by atoms with Crippen LogP contribution < -0.4 is 25.4 Å². The number of hydrogen-bond acceptors (Lipinski definition) is 9. The minimum atomic E-state index is -0.444. The number of nitrogens with zero attached hydrogens (tertiary/aromatic N) is 4. The molecule has 4 aromatic rings. The fraction of sp³-hybridized carbons (Fsp3) is 0.375. The zero-order chi connectivity index (χ0) is 37.6. The average molecular weight is 710 g/mol. The zero-order valence-corrected chi connectivity index (χ0v) is 31.3. The van der Waals surface area contributed by atoms with E-state index < -0.39 is 5.91 Å². The molecule has 4 rings (SSSR count). The van der Waals surface area contributed by atoms with Crippen LogP contribution in [0.2, 0.25) is 0 Å². The molecule has 1 aromatic heterocycles. The molecule has 0 fully saturated rings. The summed E-state index contributed by atoms with van der Waals surface area (Å²) in [5.74, 6) is 0.422. The molecule has 0 bridgehead atoms. The number of ether oxygens (including phenoxy) is 2. The summed E-state index contributed by atoms with van der Waals surface area (Å²) >= 11 is 0. The highest BCUT2D eigenvalue weighted by Crippen LogP contribution is 2.34. The van der Waals surface area contributed by atoms with Gasteiger partial charge in [0.25, 0.3) is 11.8 Å². The molecule has 0 aliphatic rings. The van der Waals surface area contributed by atoms with Crippen molar-refractivity contribution in [2.45, 2.75) is 53.9 Å². The Hall–Kier alpha value is -5.49. The van der Waals surface area contributed by atoms with E-state index in [9.17, 15) is 14.4 Å². The van der Waals surface area contributed by atoms with Crippen molar-refractivity contribution in [3.05, 3.63) is 94.7 Å². The van der Waals surface area contributed by atoms with E-state index in [2.05, 4.69) is 44.7 Å². The number of carbonyl (C=O) groups is 3. The van der Waals surface area contributed by atoms with Gasteiger partial charge in [-0.25, -0.2) is 4.98 Å². The molecule has 0 atom stereocenters. The molecule has 1 heterocycles. The minimum Gasteiger partial charge on any atom is -0.493 e. The number of amides is 3. The quantitative estimate of drug-likeness (QED) is 0.102. The Morgan fingerprint density at radius 2 is 1.60 bits per heavy atom. The van der Waals surface area contributed by atoms with Gasteiger partial charge < -0.3 is 35.2 Å². The second-order valence-electron chi connectivity index (χ2n) is 12.5. The molecule has 0 radical (unpaired) electrons. The fourth-order valence-electron chi connectivity index (χ4n) is 5.50. The fourth-order valence-corrected chi connectivity index (χ4v) is 5.50. The first-order valence-electron chi connectivity index (χ1n) is 17.8. The first-order valence-corrected chi connectivity index (χ1v) is 17.8. The Labute approximate surface area is 306 Å². The Kier molecular flexibility index (Phi) is 14.5. The number of aryl methyl sites for hydroxylation is 3. The Morgan fingerprint density at radius 3 is 2.25 bits per heavy atom. The van der Waals surface area contributed by atoms with Gasteiger partial charge in [-0.15, -0.1) is 0 Å². The molecule has 3 amide bonds. The first-order chi connectivity index (χ1) is 25.1. The van der Waals surface area contributed by atoms with Gasteiger partial charge in [0.2, 0.25) is 17.7 Å². The van der Waals surface area contributed by atoms with Crippen molar-refractivity contribution in [2.24, 2.45) is 0 Å². The van der Waals surface area contributed by atoms with Crippen molar-refractivity contribution in [1.82, 2.24) is 25.1 Å². The van der Waals surface area contributed by atoms with Crippen molar-refractivity contribution in [2.75, 3.05) is 57.5 Å². The molecular formula is C40H51N7O5. The predicted molar refractivity (Wildman–Crippen MR) is 205 cm³/mol. The third-order valence-corrected chi connectivity index (χ3v) is 8.75. The summed E-state index contributed by atoms with van der Waals surface area (Å²) in [5.41, 5.74) is 4.73. The SMILES string of the molecule is CCCNC(=O)CCc1ccc(Oc2nc(Nc3ccc(C(=O)N(C)CCN(CC)CC)cc3)ncc2C(=O)Nc2c(C)cccc2C)c(OC)c1. The number of aromatic nitrogens is 2. The Balaban J connectivity index is 1.58. The Morgan fingerprint density at radius 1 is 0.885 bits per heavy atom. The van der Waals surface area contributed by atoms with Crippen molar-refractivity contribution in [1.29, 1.82) is 0 Å². The number of anilines is 3. The number of likely N-dealkylation sites (N-methyl/N-ethyl adjacent to an activating group) is 2. The van der Waals surface area contributed by atoms with Gasteiger partial charge in [-0.3, -0.25) is 14.4 Å². The van der Waals surface area contributed by atoms with Crippen LogP contribution in [0.5, 0.6) is 17.4 Å². The van der Waals surface area contributed by atoms with Gasteiger partial charge in [-0.05, 0) is 92.9 Å². The van der Waals surface area contributed by atoms with E-state index >= 15 is 0 Å². The van der Waals surface area contributed by atoms with E-state index in [1.165, 1.54) is 13.3 Å². The molecule has 0 unspecified atom stereocenters. The molecule has 12 heteroatoms. The van der Waals surface area contributed by atoms with Crippen molar-refractivity contribution >= 4 is 35.0 Å². The van der Waals surface area contributed by atoms with Crippen LogP contribution >= 0.6 is 0 Å². The highest BCUT2D eigenvalue weighted by Gasteiger charge is 2.21. The van der Waals surface area contributed by atoms with Crippen LogP contribution in [0.15, 0.2) is 66.9 Å². The molecule has 0 aliphatic heterocycles. The van der Waals surface area contributed by atoms with E-state index in [1.807, 2.05) is 51.1 Å². The molecular weight excluding hydrogens is 658 g/mol. The second-order valence-corrected chi connectivity index (χ2v) is 12.5. The lowest BCUT2D eigenvalue weighted by molar-refractivity contribution is -0.121. The molecule has 0 saturated heterocycles. The van der Waals surface area contributed by atoms with Gasteiger partial charge in [0.15, 0.2) is 11.5 Å². The van der Waals surface area contributed by atoms with E-state index in [0.717, 1.165) is 42.7 Å². The minimum absolute atomic E-state index is 0.00727. The second kappa shape index (κ2) is 19.2. The molecule has 52 heavy (non-hydrogen) atoms. The van der Waals surface area contributed by atoms with Crippen LogP contribution in [0, 0.1) is 13.8 Å². The third-order valence-electron chi connectivity index (χ3n) is 8.75. The van der Waals surface area contributed by atoms with Crippen LogP contribution in [0.3, 0.4) is 0 Å². The molecule has 0 spiro atoms. The van der Waals surface area contributed by atoms with Gasteiger partial charge in [0.05, 0.1) is 7.11 Å². The average Bonchev–Trinajstić information content (AvgIpc) is 3.15. The van der Waals surface area contributed by atoms with Crippen molar-refractivity contribution in [3.8, 4) is 17.4 Å². The number of carbonyl (C=O) groups excluding carboxylic acids is 3. The third kappa shape index (κ3) is 10.8. The molecule has 12 nitrogen and oxygen atoms in total. The molecule has 276 valence electrons. The summed E-state index contributed by atoms with van der Waals surface area (Å²) in [6.45, 7) is 14.0.